The summed E-state index contributed by atoms with van der Waals surface area (Å²) in [7, 11) is -0.657. The Bertz CT molecular complexity index is 458. The number of aromatic nitrogens is 2. The number of hydrogen-bond donors (Lipinski definition) is 1. The van der Waals surface area contributed by atoms with Crippen LogP contribution in [0.3, 0.4) is 0 Å². The summed E-state index contributed by atoms with van der Waals surface area (Å²) in [5.74, 6) is 2.43. The standard InChI is InChI=1S/C13H21N3OS2/c1-2-19(17)11-5-3-4-10(8-11)14-13-15-12(16-18-13)9-6-7-9/h9-11H,2-8H2,1H3,(H,14,15,16). The molecule has 2 saturated carbocycles. The first-order valence-electron chi connectivity index (χ1n) is 7.23. The molecule has 1 aromatic rings. The Balaban J connectivity index is 1.57. The summed E-state index contributed by atoms with van der Waals surface area (Å²) in [5.41, 5.74) is 0. The third kappa shape index (κ3) is 3.34. The molecule has 0 aromatic carbocycles. The molecule has 2 aliphatic rings. The van der Waals surface area contributed by atoms with Crippen LogP contribution in [-0.2, 0) is 10.8 Å². The van der Waals surface area contributed by atoms with Gasteiger partial charge in [0, 0.05) is 45.3 Å². The lowest BCUT2D eigenvalue weighted by Crippen LogP contribution is -2.32. The van der Waals surface area contributed by atoms with Crippen molar-refractivity contribution in [3.8, 4) is 0 Å². The summed E-state index contributed by atoms with van der Waals surface area (Å²) in [6.07, 6.45) is 6.95. The lowest BCUT2D eigenvalue weighted by atomic mass is 9.95. The number of nitrogens with one attached hydrogen (secondary N) is 1. The van der Waals surface area contributed by atoms with E-state index in [1.165, 1.54) is 30.8 Å². The molecule has 2 aliphatic carbocycles. The molecule has 0 aliphatic heterocycles. The Morgan fingerprint density at radius 3 is 2.95 bits per heavy atom. The summed E-state index contributed by atoms with van der Waals surface area (Å²) >= 11 is 1.48. The van der Waals surface area contributed by atoms with Crippen molar-refractivity contribution in [3.63, 3.8) is 0 Å². The molecule has 0 amide bonds. The molecule has 0 bridgehead atoms. The predicted molar refractivity (Wildman–Crippen MR) is 80.2 cm³/mol. The van der Waals surface area contributed by atoms with Gasteiger partial charge in [-0.15, -0.1) is 0 Å². The van der Waals surface area contributed by atoms with Crippen LogP contribution in [0.2, 0.25) is 0 Å². The molecule has 0 saturated heterocycles. The molecular formula is C13H21N3OS2. The Hall–Kier alpha value is -0.490. The third-order valence-corrected chi connectivity index (χ3v) is 6.40. The average Bonchev–Trinajstić information content (AvgIpc) is 3.19. The molecule has 0 radical (unpaired) electrons. The zero-order valence-electron chi connectivity index (χ0n) is 11.3. The molecule has 1 N–H and O–H groups in total. The highest BCUT2D eigenvalue weighted by Gasteiger charge is 2.29. The van der Waals surface area contributed by atoms with Gasteiger partial charge in [0.15, 0.2) is 0 Å². The van der Waals surface area contributed by atoms with E-state index in [2.05, 4.69) is 14.7 Å². The lowest BCUT2D eigenvalue weighted by Gasteiger charge is -2.28. The van der Waals surface area contributed by atoms with Crippen molar-refractivity contribution in [1.29, 1.82) is 0 Å². The molecule has 4 nitrogen and oxygen atoms in total. The van der Waals surface area contributed by atoms with Gasteiger partial charge in [-0.1, -0.05) is 13.3 Å². The number of anilines is 1. The van der Waals surface area contributed by atoms with Crippen molar-refractivity contribution in [1.82, 2.24) is 9.36 Å². The van der Waals surface area contributed by atoms with E-state index in [9.17, 15) is 4.21 Å². The minimum atomic E-state index is -0.657. The maximum absolute atomic E-state index is 11.9. The molecule has 3 atom stereocenters. The van der Waals surface area contributed by atoms with Crippen molar-refractivity contribution in [2.75, 3.05) is 11.1 Å². The van der Waals surface area contributed by atoms with Crippen LogP contribution < -0.4 is 5.32 Å². The zero-order valence-corrected chi connectivity index (χ0v) is 12.9. The molecule has 19 heavy (non-hydrogen) atoms. The Morgan fingerprint density at radius 1 is 1.37 bits per heavy atom. The van der Waals surface area contributed by atoms with Gasteiger partial charge in [-0.25, -0.2) is 4.98 Å². The average molecular weight is 299 g/mol. The van der Waals surface area contributed by atoms with E-state index in [0.29, 0.717) is 17.2 Å². The van der Waals surface area contributed by atoms with Gasteiger partial charge in [-0.05, 0) is 32.1 Å². The number of rotatable bonds is 5. The fraction of sp³-hybridized carbons (Fsp3) is 0.846. The summed E-state index contributed by atoms with van der Waals surface area (Å²) < 4.78 is 16.3. The van der Waals surface area contributed by atoms with Gasteiger partial charge in [0.2, 0.25) is 5.13 Å². The van der Waals surface area contributed by atoms with E-state index in [4.69, 9.17) is 0 Å². The lowest BCUT2D eigenvalue weighted by molar-refractivity contribution is 0.465. The fourth-order valence-electron chi connectivity index (χ4n) is 2.73. The maximum atomic E-state index is 11.9. The largest absolute Gasteiger partial charge is 0.358 e. The van der Waals surface area contributed by atoms with Crippen LogP contribution in [0.15, 0.2) is 0 Å². The van der Waals surface area contributed by atoms with Gasteiger partial charge in [0.05, 0.1) is 0 Å². The smallest absolute Gasteiger partial charge is 0.202 e. The molecular weight excluding hydrogens is 278 g/mol. The van der Waals surface area contributed by atoms with Gasteiger partial charge >= 0.3 is 0 Å². The highest BCUT2D eigenvalue weighted by Crippen LogP contribution is 2.39. The topological polar surface area (TPSA) is 54.9 Å². The fourth-order valence-corrected chi connectivity index (χ4v) is 4.80. The molecule has 1 heterocycles. The van der Waals surface area contributed by atoms with Gasteiger partial charge in [0.1, 0.15) is 5.82 Å². The van der Waals surface area contributed by atoms with Crippen LogP contribution in [0.4, 0.5) is 5.13 Å². The first-order valence-corrected chi connectivity index (χ1v) is 9.39. The Labute approximate surface area is 121 Å². The van der Waals surface area contributed by atoms with Gasteiger partial charge in [-0.2, -0.15) is 4.37 Å². The summed E-state index contributed by atoms with van der Waals surface area (Å²) in [6.45, 7) is 2.01. The molecule has 1 aromatic heterocycles. The SMILES string of the molecule is CCS(=O)C1CCCC(Nc2nc(C3CC3)ns2)C1. The molecule has 3 rings (SSSR count). The van der Waals surface area contributed by atoms with E-state index in [-0.39, 0.29) is 0 Å². The first-order chi connectivity index (χ1) is 9.26. The van der Waals surface area contributed by atoms with E-state index in [1.54, 1.807) is 0 Å². The minimum Gasteiger partial charge on any atom is -0.358 e. The molecule has 106 valence electrons. The van der Waals surface area contributed by atoms with Gasteiger partial charge in [-0.3, -0.25) is 4.21 Å². The van der Waals surface area contributed by atoms with Crippen molar-refractivity contribution in [3.05, 3.63) is 5.82 Å². The normalized spacial score (nSPS) is 29.1. The number of nitrogens with zero attached hydrogens (tertiary/aromatic N) is 2. The minimum absolute atomic E-state index is 0.368. The van der Waals surface area contributed by atoms with Gasteiger partial charge in [0.25, 0.3) is 0 Å². The summed E-state index contributed by atoms with van der Waals surface area (Å²) in [5, 5.41) is 4.82. The Morgan fingerprint density at radius 2 is 2.21 bits per heavy atom. The van der Waals surface area contributed by atoms with E-state index in [0.717, 1.165) is 36.0 Å². The van der Waals surface area contributed by atoms with Crippen molar-refractivity contribution < 1.29 is 4.21 Å². The predicted octanol–water partition coefficient (Wildman–Crippen LogP) is 2.91. The van der Waals surface area contributed by atoms with Gasteiger partial charge < -0.3 is 5.32 Å². The second-order valence-electron chi connectivity index (χ2n) is 5.53. The van der Waals surface area contributed by atoms with Crippen LogP contribution in [0.5, 0.6) is 0 Å². The van der Waals surface area contributed by atoms with Crippen molar-refractivity contribution in [2.45, 2.75) is 62.7 Å². The van der Waals surface area contributed by atoms with Crippen LogP contribution >= 0.6 is 11.5 Å². The maximum Gasteiger partial charge on any atom is 0.202 e. The van der Waals surface area contributed by atoms with E-state index < -0.39 is 10.8 Å². The third-order valence-electron chi connectivity index (χ3n) is 3.99. The van der Waals surface area contributed by atoms with Crippen LogP contribution in [0, 0.1) is 0 Å². The molecule has 6 heteroatoms. The monoisotopic (exact) mass is 299 g/mol. The van der Waals surface area contributed by atoms with Crippen LogP contribution in [0.25, 0.3) is 0 Å². The second-order valence-corrected chi connectivity index (χ2v) is 8.29. The molecule has 2 fully saturated rings. The molecule has 0 spiro atoms. The van der Waals surface area contributed by atoms with Crippen LogP contribution in [0.1, 0.15) is 57.2 Å². The Kier molecular flexibility index (Phi) is 4.17. The van der Waals surface area contributed by atoms with E-state index >= 15 is 0 Å². The van der Waals surface area contributed by atoms with Crippen LogP contribution in [-0.4, -0.2) is 30.6 Å². The summed E-state index contributed by atoms with van der Waals surface area (Å²) in [4.78, 5) is 4.58. The summed E-state index contributed by atoms with van der Waals surface area (Å²) in [6, 6.07) is 0.425. The van der Waals surface area contributed by atoms with Crippen molar-refractivity contribution >= 4 is 27.5 Å². The quantitative estimate of drug-likeness (QED) is 0.908. The second kappa shape index (κ2) is 5.87. The highest BCUT2D eigenvalue weighted by atomic mass is 32.2. The van der Waals surface area contributed by atoms with Crippen molar-refractivity contribution in [2.24, 2.45) is 0 Å². The van der Waals surface area contributed by atoms with E-state index in [1.807, 2.05) is 6.92 Å². The number of hydrogen-bond acceptors (Lipinski definition) is 5. The first kappa shape index (κ1) is 13.5. The zero-order chi connectivity index (χ0) is 13.2. The highest BCUT2D eigenvalue weighted by molar-refractivity contribution is 7.85. The molecule has 3 unspecified atom stereocenters.